The van der Waals surface area contributed by atoms with Gasteiger partial charge in [-0.25, -0.2) is 0 Å². The van der Waals surface area contributed by atoms with E-state index < -0.39 is 0 Å². The summed E-state index contributed by atoms with van der Waals surface area (Å²) >= 11 is 0. The van der Waals surface area contributed by atoms with Gasteiger partial charge < -0.3 is 9.42 Å². The van der Waals surface area contributed by atoms with E-state index in [4.69, 9.17) is 9.78 Å². The van der Waals surface area contributed by atoms with Crippen LogP contribution in [0.4, 0.5) is 0 Å². The van der Waals surface area contributed by atoms with Crippen LogP contribution < -0.4 is 0 Å². The lowest BCUT2D eigenvalue weighted by atomic mass is 9.86. The van der Waals surface area contributed by atoms with Crippen molar-refractivity contribution in [2.24, 2.45) is 5.92 Å². The van der Waals surface area contributed by atoms with Gasteiger partial charge in [0, 0.05) is 32.2 Å². The number of hydrogen-bond acceptors (Lipinski definition) is 5. The molecule has 130 valence electrons. The topological polar surface area (TPSA) is 73.4 Å². The average Bonchev–Trinajstić information content (AvgIpc) is 2.95. The molecule has 1 saturated carbocycles. The molecule has 1 aromatic rings. The molecule has 6 nitrogen and oxygen atoms in total. The first-order valence-electron chi connectivity index (χ1n) is 8.95. The second-order valence-electron chi connectivity index (χ2n) is 7.18. The number of nitriles is 1. The summed E-state index contributed by atoms with van der Waals surface area (Å²) in [6.07, 6.45) is 5.39. The van der Waals surface area contributed by atoms with Crippen LogP contribution >= 0.6 is 0 Å². The number of nitrogens with zero attached hydrogens (tertiary/aromatic N) is 4. The number of aryl methyl sites for hydroxylation is 1. The standard InChI is InChI=1S/C18H26N4O2/c1-13-3-5-15(6-4-13)21-7-9-22(10-8-21)18(23)11-17-16(12-19)14(2)24-20-17/h13,15H,3-11H2,1-2H3. The molecule has 1 aliphatic heterocycles. The Balaban J connectivity index is 1.51. The number of amides is 1. The van der Waals surface area contributed by atoms with Gasteiger partial charge in [0.2, 0.25) is 5.91 Å². The van der Waals surface area contributed by atoms with Crippen LogP contribution in [-0.2, 0) is 11.2 Å². The summed E-state index contributed by atoms with van der Waals surface area (Å²) in [5.74, 6) is 1.39. The summed E-state index contributed by atoms with van der Waals surface area (Å²) in [6.45, 7) is 7.48. The molecular formula is C18H26N4O2. The van der Waals surface area contributed by atoms with Gasteiger partial charge in [0.15, 0.2) is 5.76 Å². The van der Waals surface area contributed by atoms with Gasteiger partial charge in [0.05, 0.1) is 6.42 Å². The third kappa shape index (κ3) is 3.62. The molecule has 6 heteroatoms. The fourth-order valence-corrected chi connectivity index (χ4v) is 3.88. The van der Waals surface area contributed by atoms with Crippen LogP contribution in [0.25, 0.3) is 0 Å². The van der Waals surface area contributed by atoms with Gasteiger partial charge in [-0.05, 0) is 38.5 Å². The Bertz CT molecular complexity index is 617. The van der Waals surface area contributed by atoms with E-state index in [1.165, 1.54) is 25.7 Å². The normalized spacial score (nSPS) is 25.5. The van der Waals surface area contributed by atoms with E-state index in [2.05, 4.69) is 23.0 Å². The van der Waals surface area contributed by atoms with Crippen molar-refractivity contribution in [2.45, 2.75) is 52.0 Å². The molecule has 0 atom stereocenters. The van der Waals surface area contributed by atoms with Gasteiger partial charge >= 0.3 is 0 Å². The maximum absolute atomic E-state index is 12.5. The molecule has 1 saturated heterocycles. The number of hydrogen-bond donors (Lipinski definition) is 0. The molecule has 24 heavy (non-hydrogen) atoms. The molecule has 3 rings (SSSR count). The Labute approximate surface area is 143 Å². The van der Waals surface area contributed by atoms with E-state index in [9.17, 15) is 4.79 Å². The van der Waals surface area contributed by atoms with E-state index in [-0.39, 0.29) is 12.3 Å². The Hall–Kier alpha value is -1.87. The molecule has 2 heterocycles. The Kier molecular flexibility index (Phi) is 5.20. The summed E-state index contributed by atoms with van der Waals surface area (Å²) < 4.78 is 5.03. The highest BCUT2D eigenvalue weighted by molar-refractivity contribution is 5.79. The Morgan fingerprint density at radius 3 is 2.54 bits per heavy atom. The van der Waals surface area contributed by atoms with Gasteiger partial charge in [-0.3, -0.25) is 9.69 Å². The van der Waals surface area contributed by atoms with Gasteiger partial charge in [0.25, 0.3) is 0 Å². The molecule has 1 aromatic heterocycles. The molecule has 1 aliphatic carbocycles. The summed E-state index contributed by atoms with van der Waals surface area (Å²) in [5, 5.41) is 13.0. The van der Waals surface area contributed by atoms with Crippen LogP contribution in [0, 0.1) is 24.2 Å². The lowest BCUT2D eigenvalue weighted by molar-refractivity contribution is -0.132. The molecule has 0 N–H and O–H groups in total. The van der Waals surface area contributed by atoms with Crippen molar-refractivity contribution in [3.05, 3.63) is 17.0 Å². The van der Waals surface area contributed by atoms with Crippen molar-refractivity contribution in [3.63, 3.8) is 0 Å². The summed E-state index contributed by atoms with van der Waals surface area (Å²) in [5.41, 5.74) is 0.863. The number of piperazine rings is 1. The van der Waals surface area contributed by atoms with Gasteiger partial charge in [0.1, 0.15) is 17.3 Å². The van der Waals surface area contributed by atoms with Crippen molar-refractivity contribution in [2.75, 3.05) is 26.2 Å². The zero-order valence-electron chi connectivity index (χ0n) is 14.6. The first-order chi connectivity index (χ1) is 11.6. The second kappa shape index (κ2) is 7.35. The molecule has 0 radical (unpaired) electrons. The highest BCUT2D eigenvalue weighted by Gasteiger charge is 2.29. The number of rotatable bonds is 3. The minimum atomic E-state index is 0.0386. The molecule has 0 spiro atoms. The minimum Gasteiger partial charge on any atom is -0.360 e. The smallest absolute Gasteiger partial charge is 0.228 e. The SMILES string of the molecule is Cc1onc(CC(=O)N2CCN(C3CCC(C)CC3)CC2)c1C#N. The second-order valence-corrected chi connectivity index (χ2v) is 7.18. The van der Waals surface area contributed by atoms with Crippen LogP contribution in [0.15, 0.2) is 4.52 Å². The van der Waals surface area contributed by atoms with E-state index in [0.29, 0.717) is 23.1 Å². The van der Waals surface area contributed by atoms with E-state index in [0.717, 1.165) is 32.1 Å². The molecule has 0 aromatic carbocycles. The highest BCUT2D eigenvalue weighted by Crippen LogP contribution is 2.27. The predicted molar refractivity (Wildman–Crippen MR) is 89.2 cm³/mol. The molecular weight excluding hydrogens is 304 g/mol. The molecule has 2 fully saturated rings. The van der Waals surface area contributed by atoms with Gasteiger partial charge in [-0.15, -0.1) is 0 Å². The minimum absolute atomic E-state index is 0.0386. The van der Waals surface area contributed by atoms with Crippen molar-refractivity contribution in [1.82, 2.24) is 15.0 Å². The predicted octanol–water partition coefficient (Wildman–Crippen LogP) is 2.12. The molecule has 0 unspecified atom stereocenters. The van der Waals surface area contributed by atoms with Crippen LogP contribution in [0.3, 0.4) is 0 Å². The average molecular weight is 330 g/mol. The quantitative estimate of drug-likeness (QED) is 0.849. The van der Waals surface area contributed by atoms with E-state index >= 15 is 0 Å². The van der Waals surface area contributed by atoms with Gasteiger partial charge in [-0.1, -0.05) is 12.1 Å². The monoisotopic (exact) mass is 330 g/mol. The first-order valence-corrected chi connectivity index (χ1v) is 8.95. The van der Waals surface area contributed by atoms with Crippen LogP contribution in [0.1, 0.15) is 49.6 Å². The number of carbonyl (C=O) groups is 1. The van der Waals surface area contributed by atoms with Crippen LogP contribution in [-0.4, -0.2) is 53.1 Å². The molecule has 0 bridgehead atoms. The number of carbonyl (C=O) groups excluding carboxylic acids is 1. The lowest BCUT2D eigenvalue weighted by Crippen LogP contribution is -2.52. The molecule has 1 amide bonds. The Morgan fingerprint density at radius 2 is 1.92 bits per heavy atom. The largest absolute Gasteiger partial charge is 0.360 e. The van der Waals surface area contributed by atoms with E-state index in [1.54, 1.807) is 6.92 Å². The maximum Gasteiger partial charge on any atom is 0.228 e. The fraction of sp³-hybridized carbons (Fsp3) is 0.722. The fourth-order valence-electron chi connectivity index (χ4n) is 3.88. The lowest BCUT2D eigenvalue weighted by Gasteiger charge is -2.41. The zero-order chi connectivity index (χ0) is 17.1. The summed E-state index contributed by atoms with van der Waals surface area (Å²) in [6, 6.07) is 2.77. The first kappa shape index (κ1) is 17.0. The van der Waals surface area contributed by atoms with Crippen molar-refractivity contribution in [3.8, 4) is 6.07 Å². The highest BCUT2D eigenvalue weighted by atomic mass is 16.5. The summed E-state index contributed by atoms with van der Waals surface area (Å²) in [4.78, 5) is 16.9. The zero-order valence-corrected chi connectivity index (χ0v) is 14.6. The van der Waals surface area contributed by atoms with Crippen molar-refractivity contribution < 1.29 is 9.32 Å². The number of aromatic nitrogens is 1. The van der Waals surface area contributed by atoms with E-state index in [1.807, 2.05) is 4.90 Å². The third-order valence-corrected chi connectivity index (χ3v) is 5.53. The third-order valence-electron chi connectivity index (χ3n) is 5.53. The molecule has 2 aliphatic rings. The summed E-state index contributed by atoms with van der Waals surface area (Å²) in [7, 11) is 0. The van der Waals surface area contributed by atoms with Crippen molar-refractivity contribution in [1.29, 1.82) is 5.26 Å². The van der Waals surface area contributed by atoms with Crippen LogP contribution in [0.5, 0.6) is 0 Å². The Morgan fingerprint density at radius 1 is 1.25 bits per heavy atom. The van der Waals surface area contributed by atoms with Gasteiger partial charge in [-0.2, -0.15) is 5.26 Å². The van der Waals surface area contributed by atoms with Crippen LogP contribution in [0.2, 0.25) is 0 Å². The maximum atomic E-state index is 12.5. The van der Waals surface area contributed by atoms with Crippen molar-refractivity contribution >= 4 is 5.91 Å².